The summed E-state index contributed by atoms with van der Waals surface area (Å²) in [5.74, 6) is -0.0594. The summed E-state index contributed by atoms with van der Waals surface area (Å²) < 4.78 is 11.3. The molecule has 2 aromatic rings. The topological polar surface area (TPSA) is 52.6 Å². The van der Waals surface area contributed by atoms with Crippen molar-refractivity contribution in [2.75, 3.05) is 13.7 Å². The third-order valence-corrected chi connectivity index (χ3v) is 3.94. The molecule has 0 aromatic heterocycles. The number of ether oxygens (including phenoxy) is 2. The van der Waals surface area contributed by atoms with Gasteiger partial charge in [-0.15, -0.1) is 0 Å². The van der Waals surface area contributed by atoms with Gasteiger partial charge in [0, 0.05) is 4.47 Å². The van der Waals surface area contributed by atoms with Crippen molar-refractivity contribution in [1.82, 2.24) is 0 Å². The lowest BCUT2D eigenvalue weighted by atomic mass is 10.1. The standard InChI is InChI=1S/C19H17BrO4/c1-13-5-3-4-6-14(13)9-16(19(22)23-2)12-24-18-8-7-17(20)10-15(18)11-21/h3-11H,12H2,1-2H3/b16-9+. The van der Waals surface area contributed by atoms with Crippen LogP contribution in [0.2, 0.25) is 0 Å². The Hall–Kier alpha value is -2.40. The average Bonchev–Trinajstić information content (AvgIpc) is 2.60. The second kappa shape index (κ2) is 8.45. The quantitative estimate of drug-likeness (QED) is 0.422. The highest BCUT2D eigenvalue weighted by Gasteiger charge is 2.13. The molecule has 0 aliphatic carbocycles. The SMILES string of the molecule is COC(=O)/C(=C/c1ccccc1C)COc1ccc(Br)cc1C=O. The van der Waals surface area contributed by atoms with E-state index in [0.717, 1.165) is 15.6 Å². The van der Waals surface area contributed by atoms with Gasteiger partial charge in [-0.2, -0.15) is 0 Å². The number of carbonyl (C=O) groups excluding carboxylic acids is 2. The summed E-state index contributed by atoms with van der Waals surface area (Å²) in [6.07, 6.45) is 2.45. The number of methoxy groups -OCH3 is 1. The zero-order valence-corrected chi connectivity index (χ0v) is 15.0. The number of halogens is 1. The van der Waals surface area contributed by atoms with Crippen molar-refractivity contribution in [3.8, 4) is 5.75 Å². The first-order valence-corrected chi connectivity index (χ1v) is 8.06. The predicted octanol–water partition coefficient (Wildman–Crippen LogP) is 4.21. The van der Waals surface area contributed by atoms with Gasteiger partial charge >= 0.3 is 5.97 Å². The third kappa shape index (κ3) is 4.55. The number of rotatable bonds is 6. The third-order valence-electron chi connectivity index (χ3n) is 3.45. The van der Waals surface area contributed by atoms with Crippen LogP contribution in [-0.4, -0.2) is 26.0 Å². The van der Waals surface area contributed by atoms with Crippen molar-refractivity contribution in [2.45, 2.75) is 6.92 Å². The molecular formula is C19H17BrO4. The number of benzene rings is 2. The zero-order valence-electron chi connectivity index (χ0n) is 13.4. The first-order chi connectivity index (χ1) is 11.5. The molecule has 0 fully saturated rings. The Morgan fingerprint density at radius 3 is 2.58 bits per heavy atom. The maximum Gasteiger partial charge on any atom is 0.337 e. The smallest absolute Gasteiger partial charge is 0.337 e. The molecule has 0 saturated carbocycles. The number of aryl methyl sites for hydroxylation is 1. The van der Waals surface area contributed by atoms with Gasteiger partial charge in [0.1, 0.15) is 12.4 Å². The summed E-state index contributed by atoms with van der Waals surface area (Å²) in [5, 5.41) is 0. The second-order valence-corrected chi connectivity index (χ2v) is 6.02. The number of hydrogen-bond acceptors (Lipinski definition) is 4. The molecule has 124 valence electrons. The summed E-state index contributed by atoms with van der Waals surface area (Å²) >= 11 is 3.30. The zero-order chi connectivity index (χ0) is 17.5. The monoisotopic (exact) mass is 388 g/mol. The van der Waals surface area contributed by atoms with Crippen molar-refractivity contribution < 1.29 is 19.1 Å². The molecule has 0 aliphatic rings. The van der Waals surface area contributed by atoms with Gasteiger partial charge in [0.2, 0.25) is 0 Å². The molecule has 0 unspecified atom stereocenters. The van der Waals surface area contributed by atoms with Crippen LogP contribution in [0.25, 0.3) is 6.08 Å². The van der Waals surface area contributed by atoms with Crippen LogP contribution in [0.4, 0.5) is 0 Å². The maximum absolute atomic E-state index is 12.0. The normalized spacial score (nSPS) is 11.0. The Morgan fingerprint density at radius 2 is 1.92 bits per heavy atom. The van der Waals surface area contributed by atoms with E-state index in [9.17, 15) is 9.59 Å². The van der Waals surface area contributed by atoms with E-state index < -0.39 is 5.97 Å². The first-order valence-electron chi connectivity index (χ1n) is 7.27. The van der Waals surface area contributed by atoms with Crippen molar-refractivity contribution in [1.29, 1.82) is 0 Å². The first kappa shape index (κ1) is 17.9. The van der Waals surface area contributed by atoms with Crippen LogP contribution >= 0.6 is 15.9 Å². The lowest BCUT2D eigenvalue weighted by molar-refractivity contribution is -0.136. The maximum atomic E-state index is 12.0. The van der Waals surface area contributed by atoms with Gasteiger partial charge in [-0.25, -0.2) is 4.79 Å². The van der Waals surface area contributed by atoms with Gasteiger partial charge in [0.15, 0.2) is 6.29 Å². The average molecular weight is 389 g/mol. The highest BCUT2D eigenvalue weighted by atomic mass is 79.9. The van der Waals surface area contributed by atoms with Crippen LogP contribution in [0.5, 0.6) is 5.75 Å². The molecular weight excluding hydrogens is 372 g/mol. The van der Waals surface area contributed by atoms with Crippen molar-refractivity contribution in [2.24, 2.45) is 0 Å². The minimum Gasteiger partial charge on any atom is -0.488 e. The summed E-state index contributed by atoms with van der Waals surface area (Å²) in [5.41, 5.74) is 2.72. The van der Waals surface area contributed by atoms with Crippen molar-refractivity contribution >= 4 is 34.3 Å². The van der Waals surface area contributed by atoms with Crippen LogP contribution in [-0.2, 0) is 9.53 Å². The molecule has 0 saturated heterocycles. The van der Waals surface area contributed by atoms with Gasteiger partial charge < -0.3 is 9.47 Å². The fourth-order valence-electron chi connectivity index (χ4n) is 2.13. The summed E-state index contributed by atoms with van der Waals surface area (Å²) in [7, 11) is 1.32. The summed E-state index contributed by atoms with van der Waals surface area (Å²) in [4.78, 5) is 23.2. The van der Waals surface area contributed by atoms with Crippen molar-refractivity contribution in [3.05, 3.63) is 69.2 Å². The van der Waals surface area contributed by atoms with Crippen LogP contribution in [0, 0.1) is 6.92 Å². The molecule has 24 heavy (non-hydrogen) atoms. The molecule has 4 nitrogen and oxygen atoms in total. The van der Waals surface area contributed by atoms with E-state index in [1.54, 1.807) is 24.3 Å². The van der Waals surface area contributed by atoms with Gasteiger partial charge in [0.05, 0.1) is 18.2 Å². The molecule has 5 heteroatoms. The lowest BCUT2D eigenvalue weighted by Gasteiger charge is -2.11. The van der Waals surface area contributed by atoms with Crippen LogP contribution < -0.4 is 4.74 Å². The van der Waals surface area contributed by atoms with Gasteiger partial charge in [0.25, 0.3) is 0 Å². The van der Waals surface area contributed by atoms with Gasteiger partial charge in [-0.3, -0.25) is 4.79 Å². The van der Waals surface area contributed by atoms with Gasteiger partial charge in [-0.05, 0) is 42.3 Å². The minimum atomic E-state index is -0.469. The number of esters is 1. The molecule has 0 radical (unpaired) electrons. The summed E-state index contributed by atoms with van der Waals surface area (Å²) in [6, 6.07) is 12.8. The molecule has 2 rings (SSSR count). The van der Waals surface area contributed by atoms with Gasteiger partial charge in [-0.1, -0.05) is 40.2 Å². The highest BCUT2D eigenvalue weighted by molar-refractivity contribution is 9.10. The van der Waals surface area contributed by atoms with E-state index in [1.807, 2.05) is 31.2 Å². The number of carbonyl (C=O) groups is 2. The molecule has 0 spiro atoms. The highest BCUT2D eigenvalue weighted by Crippen LogP contribution is 2.23. The Labute approximate surface area is 149 Å². The fourth-order valence-corrected chi connectivity index (χ4v) is 2.50. The molecule has 2 aromatic carbocycles. The lowest BCUT2D eigenvalue weighted by Crippen LogP contribution is -2.13. The molecule has 0 bridgehead atoms. The van der Waals surface area contributed by atoms with E-state index in [-0.39, 0.29) is 6.61 Å². The Morgan fingerprint density at radius 1 is 1.17 bits per heavy atom. The molecule has 0 atom stereocenters. The van der Waals surface area contributed by atoms with E-state index in [1.165, 1.54) is 7.11 Å². The Kier molecular flexibility index (Phi) is 6.32. The molecule has 0 aliphatic heterocycles. The van der Waals surface area contributed by atoms with E-state index >= 15 is 0 Å². The Bertz CT molecular complexity index is 781. The second-order valence-electron chi connectivity index (χ2n) is 5.11. The van der Waals surface area contributed by atoms with Crippen LogP contribution in [0.3, 0.4) is 0 Å². The Balaban J connectivity index is 2.26. The minimum absolute atomic E-state index is 0.00345. The van der Waals surface area contributed by atoms with E-state index in [0.29, 0.717) is 23.2 Å². The van der Waals surface area contributed by atoms with Crippen LogP contribution in [0.1, 0.15) is 21.5 Å². The largest absolute Gasteiger partial charge is 0.488 e. The molecule has 0 N–H and O–H groups in total. The number of hydrogen-bond donors (Lipinski definition) is 0. The van der Waals surface area contributed by atoms with E-state index in [2.05, 4.69) is 15.9 Å². The molecule has 0 heterocycles. The fraction of sp³-hybridized carbons (Fsp3) is 0.158. The van der Waals surface area contributed by atoms with Crippen molar-refractivity contribution in [3.63, 3.8) is 0 Å². The predicted molar refractivity (Wildman–Crippen MR) is 96.2 cm³/mol. The molecule has 0 amide bonds. The van der Waals surface area contributed by atoms with E-state index in [4.69, 9.17) is 9.47 Å². The number of aldehydes is 1. The van der Waals surface area contributed by atoms with Crippen LogP contribution in [0.15, 0.2) is 52.5 Å². The summed E-state index contributed by atoms with van der Waals surface area (Å²) in [6.45, 7) is 1.96.